The van der Waals surface area contributed by atoms with Gasteiger partial charge in [0.15, 0.2) is 0 Å². The van der Waals surface area contributed by atoms with Gasteiger partial charge in [-0.25, -0.2) is 13.1 Å². The summed E-state index contributed by atoms with van der Waals surface area (Å²) in [6, 6.07) is 0.0676. The van der Waals surface area contributed by atoms with Crippen molar-refractivity contribution in [2.75, 3.05) is 6.54 Å². The largest absolute Gasteiger partial charge is 0.481 e. The Morgan fingerprint density at radius 2 is 2.24 bits per heavy atom. The number of nitrogens with one attached hydrogen (secondary N) is 1. The zero-order valence-electron chi connectivity index (χ0n) is 9.62. The van der Waals surface area contributed by atoms with Crippen LogP contribution in [0.3, 0.4) is 0 Å². The van der Waals surface area contributed by atoms with Crippen LogP contribution in [0.25, 0.3) is 0 Å². The average molecular weight is 261 g/mol. The number of sulfonamides is 1. The summed E-state index contributed by atoms with van der Waals surface area (Å²) in [5.41, 5.74) is 0. The van der Waals surface area contributed by atoms with Crippen LogP contribution in [-0.2, 0) is 14.8 Å². The number of carbonyl (C=O) groups is 1. The number of rotatable bonds is 6. The number of aliphatic carboxylic acids is 1. The van der Waals surface area contributed by atoms with Crippen LogP contribution in [0.1, 0.15) is 26.3 Å². The van der Waals surface area contributed by atoms with E-state index < -0.39 is 16.0 Å². The van der Waals surface area contributed by atoms with Gasteiger partial charge in [-0.15, -0.1) is 0 Å². The Morgan fingerprint density at radius 1 is 1.59 bits per heavy atom. The minimum absolute atomic E-state index is 0.0385. The van der Waals surface area contributed by atoms with Gasteiger partial charge in [0.2, 0.25) is 10.0 Å². The first-order valence-corrected chi connectivity index (χ1v) is 6.57. The summed E-state index contributed by atoms with van der Waals surface area (Å²) in [5.74, 6) is -1.05. The fourth-order valence-electron chi connectivity index (χ4n) is 1.12. The number of hydrogen-bond donors (Lipinski definition) is 2. The molecule has 7 nitrogen and oxygen atoms in total. The second-order valence-electron chi connectivity index (χ2n) is 3.79. The van der Waals surface area contributed by atoms with Gasteiger partial charge < -0.3 is 5.11 Å². The van der Waals surface area contributed by atoms with Gasteiger partial charge in [-0.3, -0.25) is 9.48 Å². The van der Waals surface area contributed by atoms with E-state index in [2.05, 4.69) is 9.82 Å². The molecule has 1 heterocycles. The van der Waals surface area contributed by atoms with E-state index in [0.717, 1.165) is 0 Å². The predicted molar refractivity (Wildman–Crippen MR) is 60.1 cm³/mol. The van der Waals surface area contributed by atoms with Crippen molar-refractivity contribution in [2.24, 2.45) is 0 Å². The first-order chi connectivity index (χ1) is 7.83. The molecule has 8 heteroatoms. The molecule has 0 unspecified atom stereocenters. The predicted octanol–water partition coefficient (Wildman–Crippen LogP) is 0.217. The molecule has 0 aromatic carbocycles. The third kappa shape index (κ3) is 3.82. The Bertz CT molecular complexity index is 492. The Balaban J connectivity index is 2.72. The molecule has 17 heavy (non-hydrogen) atoms. The number of hydrogen-bond acceptors (Lipinski definition) is 4. The fourth-order valence-corrected chi connectivity index (χ4v) is 2.09. The lowest BCUT2D eigenvalue weighted by Crippen LogP contribution is -2.26. The van der Waals surface area contributed by atoms with E-state index in [9.17, 15) is 13.2 Å². The van der Waals surface area contributed by atoms with Gasteiger partial charge in [-0.05, 0) is 13.8 Å². The van der Waals surface area contributed by atoms with E-state index in [0.29, 0.717) is 0 Å². The molecule has 0 bridgehead atoms. The molecule has 1 aromatic rings. The fraction of sp³-hybridized carbons (Fsp3) is 0.556. The second kappa shape index (κ2) is 5.28. The Labute approximate surface area is 99.5 Å². The van der Waals surface area contributed by atoms with Crippen molar-refractivity contribution in [1.82, 2.24) is 14.5 Å². The number of carboxylic acid groups (broad SMARTS) is 1. The topological polar surface area (TPSA) is 101 Å². The van der Waals surface area contributed by atoms with Crippen molar-refractivity contribution in [3.05, 3.63) is 12.4 Å². The normalized spacial score (nSPS) is 11.9. The van der Waals surface area contributed by atoms with Gasteiger partial charge in [0, 0.05) is 18.8 Å². The van der Waals surface area contributed by atoms with Crippen molar-refractivity contribution in [3.63, 3.8) is 0 Å². The minimum Gasteiger partial charge on any atom is -0.481 e. The summed E-state index contributed by atoms with van der Waals surface area (Å²) in [6.07, 6.45) is 2.40. The summed E-state index contributed by atoms with van der Waals surface area (Å²) in [5, 5.41) is 12.3. The van der Waals surface area contributed by atoms with Gasteiger partial charge in [0.1, 0.15) is 4.90 Å². The zero-order chi connectivity index (χ0) is 13.1. The molecule has 0 atom stereocenters. The van der Waals surface area contributed by atoms with Crippen LogP contribution in [0.4, 0.5) is 0 Å². The Morgan fingerprint density at radius 3 is 2.71 bits per heavy atom. The molecule has 0 spiro atoms. The van der Waals surface area contributed by atoms with Gasteiger partial charge in [-0.1, -0.05) is 0 Å². The van der Waals surface area contributed by atoms with Crippen molar-refractivity contribution in [3.8, 4) is 0 Å². The second-order valence-corrected chi connectivity index (χ2v) is 5.56. The summed E-state index contributed by atoms with van der Waals surface area (Å²) in [6.45, 7) is 3.62. The van der Waals surface area contributed by atoms with Crippen LogP contribution in [-0.4, -0.2) is 35.8 Å². The molecule has 0 fully saturated rings. The summed E-state index contributed by atoms with van der Waals surface area (Å²) in [4.78, 5) is 10.3. The SMILES string of the molecule is CC(C)n1cc(S(=O)(=O)NCCC(=O)O)cn1. The molecule has 0 amide bonds. The molecule has 0 radical (unpaired) electrons. The highest BCUT2D eigenvalue weighted by Crippen LogP contribution is 2.10. The highest BCUT2D eigenvalue weighted by atomic mass is 32.2. The summed E-state index contributed by atoms with van der Waals surface area (Å²) in [7, 11) is -3.67. The quantitative estimate of drug-likeness (QED) is 0.762. The number of carboxylic acids is 1. The third-order valence-corrected chi connectivity index (χ3v) is 3.46. The maximum absolute atomic E-state index is 11.7. The first kappa shape index (κ1) is 13.7. The van der Waals surface area contributed by atoms with E-state index in [4.69, 9.17) is 5.11 Å². The van der Waals surface area contributed by atoms with E-state index >= 15 is 0 Å². The molecule has 0 aliphatic carbocycles. The lowest BCUT2D eigenvalue weighted by molar-refractivity contribution is -0.136. The van der Waals surface area contributed by atoms with Crippen LogP contribution in [0.15, 0.2) is 17.3 Å². The molecule has 0 saturated carbocycles. The first-order valence-electron chi connectivity index (χ1n) is 5.08. The highest BCUT2D eigenvalue weighted by Gasteiger charge is 2.16. The van der Waals surface area contributed by atoms with Crippen LogP contribution >= 0.6 is 0 Å². The maximum atomic E-state index is 11.7. The van der Waals surface area contributed by atoms with Crippen molar-refractivity contribution >= 4 is 16.0 Å². The molecule has 0 aliphatic rings. The standard InChI is InChI=1S/C9H15N3O4S/c1-7(2)12-6-8(5-10-12)17(15,16)11-4-3-9(13)14/h5-7,11H,3-4H2,1-2H3,(H,13,14). The number of aromatic nitrogens is 2. The van der Waals surface area contributed by atoms with E-state index in [-0.39, 0.29) is 23.9 Å². The van der Waals surface area contributed by atoms with Crippen LogP contribution in [0.5, 0.6) is 0 Å². The van der Waals surface area contributed by atoms with Crippen LogP contribution in [0, 0.1) is 0 Å². The van der Waals surface area contributed by atoms with Gasteiger partial charge in [0.05, 0.1) is 12.6 Å². The summed E-state index contributed by atoms with van der Waals surface area (Å²) < 4.78 is 27.1. The van der Waals surface area contributed by atoms with Crippen LogP contribution < -0.4 is 4.72 Å². The highest BCUT2D eigenvalue weighted by molar-refractivity contribution is 7.89. The van der Waals surface area contributed by atoms with Crippen LogP contribution in [0.2, 0.25) is 0 Å². The molecule has 2 N–H and O–H groups in total. The molecule has 1 aromatic heterocycles. The van der Waals surface area contributed by atoms with Crippen molar-refractivity contribution < 1.29 is 18.3 Å². The molecule has 96 valence electrons. The van der Waals surface area contributed by atoms with E-state index in [1.54, 1.807) is 0 Å². The minimum atomic E-state index is -3.67. The summed E-state index contributed by atoms with van der Waals surface area (Å²) >= 11 is 0. The van der Waals surface area contributed by atoms with Gasteiger partial charge >= 0.3 is 5.97 Å². The maximum Gasteiger partial charge on any atom is 0.304 e. The molecular formula is C9H15N3O4S. The Hall–Kier alpha value is -1.41. The lowest BCUT2D eigenvalue weighted by Gasteiger charge is -2.04. The zero-order valence-corrected chi connectivity index (χ0v) is 10.4. The van der Waals surface area contributed by atoms with E-state index in [1.165, 1.54) is 17.1 Å². The Kier molecular flexibility index (Phi) is 4.24. The average Bonchev–Trinajstić information content (AvgIpc) is 2.65. The van der Waals surface area contributed by atoms with Gasteiger partial charge in [-0.2, -0.15) is 5.10 Å². The van der Waals surface area contributed by atoms with Crippen molar-refractivity contribution in [2.45, 2.75) is 31.2 Å². The van der Waals surface area contributed by atoms with Crippen molar-refractivity contribution in [1.29, 1.82) is 0 Å². The van der Waals surface area contributed by atoms with E-state index in [1.807, 2.05) is 13.8 Å². The molecule has 0 saturated heterocycles. The molecule has 0 aliphatic heterocycles. The molecular weight excluding hydrogens is 246 g/mol. The monoisotopic (exact) mass is 261 g/mol. The number of nitrogens with zero attached hydrogens (tertiary/aromatic N) is 2. The third-order valence-electron chi connectivity index (χ3n) is 2.05. The lowest BCUT2D eigenvalue weighted by atomic mass is 10.4. The molecule has 1 rings (SSSR count). The smallest absolute Gasteiger partial charge is 0.304 e. The van der Waals surface area contributed by atoms with Gasteiger partial charge in [0.25, 0.3) is 0 Å².